The fourth-order valence-electron chi connectivity index (χ4n) is 1.15. The van der Waals surface area contributed by atoms with Crippen molar-refractivity contribution in [2.24, 2.45) is 5.16 Å². The van der Waals surface area contributed by atoms with Gasteiger partial charge in [0.15, 0.2) is 6.61 Å². The van der Waals surface area contributed by atoms with E-state index in [1.54, 1.807) is 6.21 Å². The molecule has 1 aromatic rings. The van der Waals surface area contributed by atoms with Crippen LogP contribution in [0.15, 0.2) is 29.4 Å². The van der Waals surface area contributed by atoms with Gasteiger partial charge in [0.1, 0.15) is 0 Å². The van der Waals surface area contributed by atoms with Crippen molar-refractivity contribution in [3.63, 3.8) is 0 Å². The van der Waals surface area contributed by atoms with Crippen molar-refractivity contribution in [3.8, 4) is 12.3 Å². The first-order valence-corrected chi connectivity index (χ1v) is 4.55. The van der Waals surface area contributed by atoms with Crippen LogP contribution in [0.5, 0.6) is 0 Å². The third kappa shape index (κ3) is 2.95. The molecule has 14 heavy (non-hydrogen) atoms. The van der Waals surface area contributed by atoms with E-state index in [0.717, 1.165) is 12.0 Å². The van der Waals surface area contributed by atoms with Crippen LogP contribution in [0.2, 0.25) is 0 Å². The molecule has 2 nitrogen and oxygen atoms in total. The molecular weight excluding hydrogens is 174 g/mol. The number of rotatable bonds is 4. The zero-order chi connectivity index (χ0) is 10.2. The lowest BCUT2D eigenvalue weighted by molar-refractivity contribution is 0.181. The monoisotopic (exact) mass is 187 g/mol. The average Bonchev–Trinajstić information content (AvgIpc) is 2.25. The second-order valence-electron chi connectivity index (χ2n) is 2.76. The Morgan fingerprint density at radius 1 is 1.50 bits per heavy atom. The minimum absolute atomic E-state index is 0.213. The zero-order valence-corrected chi connectivity index (χ0v) is 8.23. The minimum atomic E-state index is 0.213. The molecule has 1 rings (SSSR count). The van der Waals surface area contributed by atoms with Crippen LogP contribution in [0.25, 0.3) is 0 Å². The number of nitrogens with zero attached hydrogens (tertiary/aromatic N) is 1. The van der Waals surface area contributed by atoms with E-state index in [2.05, 4.69) is 24.1 Å². The van der Waals surface area contributed by atoms with E-state index in [1.807, 2.05) is 18.2 Å². The third-order valence-electron chi connectivity index (χ3n) is 1.85. The van der Waals surface area contributed by atoms with Crippen LogP contribution in [0.3, 0.4) is 0 Å². The summed E-state index contributed by atoms with van der Waals surface area (Å²) >= 11 is 0. The Kier molecular flexibility index (Phi) is 4.30. The molecule has 0 unspecified atom stereocenters. The standard InChI is InChI=1S/C12H13NO/c1-3-9-14-13-10-12-8-6-5-7-11(12)4-2/h1,5-8,10H,4,9H2,2H3. The fraction of sp³-hybridized carbons (Fsp3) is 0.250. The molecule has 0 fully saturated rings. The molecule has 0 aromatic heterocycles. The molecule has 0 N–H and O–H groups in total. The van der Waals surface area contributed by atoms with Crippen molar-refractivity contribution in [3.05, 3.63) is 35.4 Å². The Hall–Kier alpha value is -1.75. The van der Waals surface area contributed by atoms with Crippen molar-refractivity contribution in [2.45, 2.75) is 13.3 Å². The summed E-state index contributed by atoms with van der Waals surface area (Å²) in [6.07, 6.45) is 7.69. The molecular formula is C12H13NO. The molecule has 0 aliphatic heterocycles. The lowest BCUT2D eigenvalue weighted by atomic mass is 10.1. The number of aryl methyl sites for hydroxylation is 1. The first-order chi connectivity index (χ1) is 6.88. The predicted molar refractivity (Wildman–Crippen MR) is 58.2 cm³/mol. The van der Waals surface area contributed by atoms with E-state index < -0.39 is 0 Å². The van der Waals surface area contributed by atoms with Crippen molar-refractivity contribution in [1.82, 2.24) is 0 Å². The molecule has 72 valence electrons. The van der Waals surface area contributed by atoms with Crippen LogP contribution in [-0.4, -0.2) is 12.8 Å². The Labute approximate surface area is 84.6 Å². The molecule has 0 bridgehead atoms. The minimum Gasteiger partial charge on any atom is -0.383 e. The molecule has 2 heteroatoms. The SMILES string of the molecule is C#CCON=Cc1ccccc1CC. The molecule has 1 aromatic carbocycles. The second-order valence-corrected chi connectivity index (χ2v) is 2.76. The van der Waals surface area contributed by atoms with Gasteiger partial charge in [-0.2, -0.15) is 0 Å². The van der Waals surface area contributed by atoms with Crippen molar-refractivity contribution < 1.29 is 4.84 Å². The number of oxime groups is 1. The van der Waals surface area contributed by atoms with Crippen LogP contribution < -0.4 is 0 Å². The first-order valence-electron chi connectivity index (χ1n) is 4.55. The molecule has 0 radical (unpaired) electrons. The highest BCUT2D eigenvalue weighted by molar-refractivity contribution is 5.81. The average molecular weight is 187 g/mol. The Morgan fingerprint density at radius 3 is 3.00 bits per heavy atom. The summed E-state index contributed by atoms with van der Waals surface area (Å²) in [6.45, 7) is 2.32. The molecule has 0 saturated carbocycles. The largest absolute Gasteiger partial charge is 0.383 e. The lowest BCUT2D eigenvalue weighted by Crippen LogP contribution is -1.91. The summed E-state index contributed by atoms with van der Waals surface area (Å²) < 4.78 is 0. The van der Waals surface area contributed by atoms with Gasteiger partial charge in [0.25, 0.3) is 0 Å². The molecule has 0 spiro atoms. The second kappa shape index (κ2) is 5.82. The van der Waals surface area contributed by atoms with E-state index in [4.69, 9.17) is 11.3 Å². The van der Waals surface area contributed by atoms with Gasteiger partial charge in [-0.25, -0.2) is 0 Å². The number of hydrogen-bond acceptors (Lipinski definition) is 2. The van der Waals surface area contributed by atoms with E-state index >= 15 is 0 Å². The summed E-state index contributed by atoms with van der Waals surface area (Å²) in [7, 11) is 0. The summed E-state index contributed by atoms with van der Waals surface area (Å²) in [4.78, 5) is 4.82. The van der Waals surface area contributed by atoms with E-state index in [1.165, 1.54) is 5.56 Å². The third-order valence-corrected chi connectivity index (χ3v) is 1.85. The van der Waals surface area contributed by atoms with Gasteiger partial charge in [0.05, 0.1) is 6.21 Å². The van der Waals surface area contributed by atoms with Crippen molar-refractivity contribution >= 4 is 6.21 Å². The van der Waals surface area contributed by atoms with Crippen LogP contribution in [0.4, 0.5) is 0 Å². The Balaban J connectivity index is 2.66. The van der Waals surface area contributed by atoms with Crippen LogP contribution in [0, 0.1) is 12.3 Å². The smallest absolute Gasteiger partial charge is 0.177 e. The zero-order valence-electron chi connectivity index (χ0n) is 8.23. The lowest BCUT2D eigenvalue weighted by Gasteiger charge is -2.00. The molecule has 0 aliphatic rings. The Morgan fingerprint density at radius 2 is 2.29 bits per heavy atom. The maximum Gasteiger partial charge on any atom is 0.177 e. The molecule has 0 aliphatic carbocycles. The van der Waals surface area contributed by atoms with Crippen LogP contribution in [0.1, 0.15) is 18.1 Å². The summed E-state index contributed by atoms with van der Waals surface area (Å²) in [5.74, 6) is 2.35. The highest BCUT2D eigenvalue weighted by atomic mass is 16.6. The quantitative estimate of drug-likeness (QED) is 0.306. The van der Waals surface area contributed by atoms with E-state index in [-0.39, 0.29) is 6.61 Å². The summed E-state index contributed by atoms with van der Waals surface area (Å²) in [5.41, 5.74) is 2.33. The van der Waals surface area contributed by atoms with Gasteiger partial charge in [-0.15, -0.1) is 6.42 Å². The van der Waals surface area contributed by atoms with Gasteiger partial charge in [-0.3, -0.25) is 0 Å². The normalized spacial score (nSPS) is 10.0. The van der Waals surface area contributed by atoms with Gasteiger partial charge >= 0.3 is 0 Å². The highest BCUT2D eigenvalue weighted by Crippen LogP contribution is 2.06. The molecule has 0 atom stereocenters. The van der Waals surface area contributed by atoms with Crippen molar-refractivity contribution in [1.29, 1.82) is 0 Å². The molecule has 0 amide bonds. The van der Waals surface area contributed by atoms with E-state index in [0.29, 0.717) is 0 Å². The van der Waals surface area contributed by atoms with E-state index in [9.17, 15) is 0 Å². The number of benzene rings is 1. The maximum atomic E-state index is 5.02. The number of hydrogen-bond donors (Lipinski definition) is 0. The van der Waals surface area contributed by atoms with Crippen LogP contribution in [-0.2, 0) is 11.3 Å². The van der Waals surface area contributed by atoms with Gasteiger partial charge in [0.2, 0.25) is 0 Å². The van der Waals surface area contributed by atoms with Crippen molar-refractivity contribution in [2.75, 3.05) is 6.61 Å². The highest BCUT2D eigenvalue weighted by Gasteiger charge is 1.94. The maximum absolute atomic E-state index is 5.02. The van der Waals surface area contributed by atoms with Gasteiger partial charge < -0.3 is 4.84 Å². The summed E-state index contributed by atoms with van der Waals surface area (Å²) in [5, 5.41) is 3.77. The Bertz CT molecular complexity index is 350. The van der Waals surface area contributed by atoms with Gasteiger partial charge in [0, 0.05) is 0 Å². The van der Waals surface area contributed by atoms with Gasteiger partial charge in [-0.05, 0) is 17.5 Å². The molecule has 0 saturated heterocycles. The number of terminal acetylenes is 1. The molecule has 0 heterocycles. The fourth-order valence-corrected chi connectivity index (χ4v) is 1.15. The van der Waals surface area contributed by atoms with Crippen LogP contribution >= 0.6 is 0 Å². The summed E-state index contributed by atoms with van der Waals surface area (Å²) in [6, 6.07) is 8.06. The van der Waals surface area contributed by atoms with Gasteiger partial charge in [-0.1, -0.05) is 42.3 Å². The first kappa shape index (κ1) is 10.3. The topological polar surface area (TPSA) is 21.6 Å². The predicted octanol–water partition coefficient (Wildman–Crippen LogP) is 2.23.